The van der Waals surface area contributed by atoms with Crippen LogP contribution in [0.5, 0.6) is 0 Å². The molecule has 0 bridgehead atoms. The Labute approximate surface area is 120 Å². The summed E-state index contributed by atoms with van der Waals surface area (Å²) >= 11 is 0. The number of benzene rings is 1. The molecule has 0 aliphatic carbocycles. The molecule has 0 unspecified atom stereocenters. The third kappa shape index (κ3) is 4.09. The standard InChI is InChI=1S/C18H23NO/c1-2-3-4-5-6-7-8-11-15-14-18(20)16-12-9-10-13-17(16)19-15/h6-7,9-10,12-14H,2-5,8,11H2,1H3,(H,19,20)/b7-6-. The monoisotopic (exact) mass is 269 g/mol. The predicted octanol–water partition coefficient (Wildman–Crippen LogP) is 4.60. The van der Waals surface area contributed by atoms with Crippen LogP contribution in [0.4, 0.5) is 0 Å². The minimum atomic E-state index is 0.112. The van der Waals surface area contributed by atoms with Crippen LogP contribution < -0.4 is 5.43 Å². The van der Waals surface area contributed by atoms with Crippen LogP contribution in [0.1, 0.15) is 44.7 Å². The van der Waals surface area contributed by atoms with E-state index in [0.29, 0.717) is 0 Å². The van der Waals surface area contributed by atoms with E-state index in [0.717, 1.165) is 29.4 Å². The molecule has 0 fully saturated rings. The van der Waals surface area contributed by atoms with Gasteiger partial charge in [-0.15, -0.1) is 0 Å². The SMILES string of the molecule is CCCCC/C=C\CCc1cc(=O)c2ccccc2[nH]1. The molecule has 0 spiro atoms. The second kappa shape index (κ2) is 7.68. The molecule has 1 aromatic heterocycles. The topological polar surface area (TPSA) is 32.9 Å². The number of allylic oxidation sites excluding steroid dienone is 2. The zero-order chi connectivity index (χ0) is 14.2. The Balaban J connectivity index is 1.92. The van der Waals surface area contributed by atoms with Crippen LogP contribution in [-0.4, -0.2) is 4.98 Å². The number of pyridine rings is 1. The molecular formula is C18H23NO. The summed E-state index contributed by atoms with van der Waals surface area (Å²) in [6.07, 6.45) is 11.4. The zero-order valence-corrected chi connectivity index (χ0v) is 12.2. The van der Waals surface area contributed by atoms with Crippen molar-refractivity contribution in [3.8, 4) is 0 Å². The van der Waals surface area contributed by atoms with E-state index in [4.69, 9.17) is 0 Å². The van der Waals surface area contributed by atoms with E-state index in [-0.39, 0.29) is 5.43 Å². The molecule has 0 aliphatic rings. The van der Waals surface area contributed by atoms with Gasteiger partial charge < -0.3 is 4.98 Å². The number of aromatic amines is 1. The van der Waals surface area contributed by atoms with Crippen LogP contribution in [0, 0.1) is 0 Å². The second-order valence-corrected chi connectivity index (χ2v) is 5.21. The van der Waals surface area contributed by atoms with E-state index < -0.39 is 0 Å². The first-order valence-corrected chi connectivity index (χ1v) is 7.57. The Bertz CT molecular complexity index is 625. The lowest BCUT2D eigenvalue weighted by Crippen LogP contribution is -2.04. The van der Waals surface area contributed by atoms with Crippen molar-refractivity contribution < 1.29 is 0 Å². The summed E-state index contributed by atoms with van der Waals surface area (Å²) in [5.41, 5.74) is 2.06. The van der Waals surface area contributed by atoms with E-state index >= 15 is 0 Å². The maximum absolute atomic E-state index is 12.0. The number of rotatable bonds is 7. The van der Waals surface area contributed by atoms with E-state index in [2.05, 4.69) is 24.1 Å². The van der Waals surface area contributed by atoms with Crippen LogP contribution in [-0.2, 0) is 6.42 Å². The van der Waals surface area contributed by atoms with Crippen LogP contribution in [0.15, 0.2) is 47.3 Å². The first kappa shape index (κ1) is 14.6. The fourth-order valence-corrected chi connectivity index (χ4v) is 2.37. The van der Waals surface area contributed by atoms with Crippen molar-refractivity contribution in [2.45, 2.75) is 45.4 Å². The van der Waals surface area contributed by atoms with Crippen molar-refractivity contribution in [2.75, 3.05) is 0 Å². The molecule has 2 rings (SSSR count). The highest BCUT2D eigenvalue weighted by molar-refractivity contribution is 5.78. The molecule has 0 saturated heterocycles. The van der Waals surface area contributed by atoms with E-state index in [1.54, 1.807) is 6.07 Å². The van der Waals surface area contributed by atoms with E-state index in [1.807, 2.05) is 24.3 Å². The average Bonchev–Trinajstić information content (AvgIpc) is 2.46. The van der Waals surface area contributed by atoms with Gasteiger partial charge >= 0.3 is 0 Å². The lowest BCUT2D eigenvalue weighted by Gasteiger charge is -2.02. The highest BCUT2D eigenvalue weighted by Gasteiger charge is 2.00. The van der Waals surface area contributed by atoms with Gasteiger partial charge in [0.1, 0.15) is 0 Å². The van der Waals surface area contributed by atoms with Gasteiger partial charge in [-0.2, -0.15) is 0 Å². The molecule has 2 heteroatoms. The molecule has 1 heterocycles. The minimum Gasteiger partial charge on any atom is -0.358 e. The molecule has 106 valence electrons. The van der Waals surface area contributed by atoms with Crippen molar-refractivity contribution in [2.24, 2.45) is 0 Å². The third-order valence-electron chi connectivity index (χ3n) is 3.51. The number of aryl methyl sites for hydroxylation is 1. The Kier molecular flexibility index (Phi) is 5.60. The summed E-state index contributed by atoms with van der Waals surface area (Å²) in [4.78, 5) is 15.3. The molecule has 0 aliphatic heterocycles. The quantitative estimate of drug-likeness (QED) is 0.578. The van der Waals surface area contributed by atoms with Gasteiger partial charge in [0, 0.05) is 22.7 Å². The van der Waals surface area contributed by atoms with Crippen molar-refractivity contribution in [3.63, 3.8) is 0 Å². The summed E-state index contributed by atoms with van der Waals surface area (Å²) in [5.74, 6) is 0. The lowest BCUT2D eigenvalue weighted by atomic mass is 10.1. The van der Waals surface area contributed by atoms with Gasteiger partial charge in [-0.1, -0.05) is 44.1 Å². The fraction of sp³-hybridized carbons (Fsp3) is 0.389. The third-order valence-corrected chi connectivity index (χ3v) is 3.51. The molecule has 0 radical (unpaired) electrons. The van der Waals surface area contributed by atoms with Crippen LogP contribution in [0.25, 0.3) is 10.9 Å². The van der Waals surface area contributed by atoms with Gasteiger partial charge in [0.25, 0.3) is 0 Å². The molecular weight excluding hydrogens is 246 g/mol. The van der Waals surface area contributed by atoms with E-state index in [1.165, 1.54) is 25.7 Å². The molecule has 20 heavy (non-hydrogen) atoms. The average molecular weight is 269 g/mol. The fourth-order valence-electron chi connectivity index (χ4n) is 2.37. The van der Waals surface area contributed by atoms with Gasteiger partial charge in [-0.25, -0.2) is 0 Å². The second-order valence-electron chi connectivity index (χ2n) is 5.21. The van der Waals surface area contributed by atoms with Crippen molar-refractivity contribution >= 4 is 10.9 Å². The summed E-state index contributed by atoms with van der Waals surface area (Å²) < 4.78 is 0. The number of hydrogen-bond donors (Lipinski definition) is 1. The van der Waals surface area contributed by atoms with Crippen LogP contribution in [0.2, 0.25) is 0 Å². The summed E-state index contributed by atoms with van der Waals surface area (Å²) in [6, 6.07) is 9.41. The number of fused-ring (bicyclic) bond motifs is 1. The molecule has 2 aromatic rings. The van der Waals surface area contributed by atoms with Crippen molar-refractivity contribution in [1.29, 1.82) is 0 Å². The maximum atomic E-state index is 12.0. The number of unbranched alkanes of at least 4 members (excludes halogenated alkanes) is 3. The zero-order valence-electron chi connectivity index (χ0n) is 12.2. The largest absolute Gasteiger partial charge is 0.358 e. The predicted molar refractivity (Wildman–Crippen MR) is 86.2 cm³/mol. The summed E-state index contributed by atoms with van der Waals surface area (Å²) in [6.45, 7) is 2.22. The number of aromatic nitrogens is 1. The van der Waals surface area contributed by atoms with Gasteiger partial charge in [0.15, 0.2) is 5.43 Å². The molecule has 1 aromatic carbocycles. The molecule has 0 amide bonds. The number of hydrogen-bond acceptors (Lipinski definition) is 1. The smallest absolute Gasteiger partial charge is 0.189 e. The molecule has 2 nitrogen and oxygen atoms in total. The highest BCUT2D eigenvalue weighted by atomic mass is 16.1. The number of nitrogens with one attached hydrogen (secondary N) is 1. The molecule has 0 atom stereocenters. The van der Waals surface area contributed by atoms with Gasteiger partial charge in [-0.05, 0) is 37.8 Å². The molecule has 1 N–H and O–H groups in total. The summed E-state index contributed by atoms with van der Waals surface area (Å²) in [7, 11) is 0. The van der Waals surface area contributed by atoms with Crippen LogP contribution >= 0.6 is 0 Å². The van der Waals surface area contributed by atoms with Gasteiger partial charge in [-0.3, -0.25) is 4.79 Å². The first-order chi connectivity index (χ1) is 9.81. The van der Waals surface area contributed by atoms with Gasteiger partial charge in [0.05, 0.1) is 0 Å². The van der Waals surface area contributed by atoms with Crippen LogP contribution in [0.3, 0.4) is 0 Å². The Morgan fingerprint density at radius 2 is 1.90 bits per heavy atom. The highest BCUT2D eigenvalue weighted by Crippen LogP contribution is 2.09. The van der Waals surface area contributed by atoms with E-state index in [9.17, 15) is 4.79 Å². The van der Waals surface area contributed by atoms with Crippen molar-refractivity contribution in [3.05, 3.63) is 58.4 Å². The Morgan fingerprint density at radius 3 is 2.75 bits per heavy atom. The minimum absolute atomic E-state index is 0.112. The summed E-state index contributed by atoms with van der Waals surface area (Å²) in [5, 5.41) is 0.770. The Hall–Kier alpha value is -1.83. The van der Waals surface area contributed by atoms with Crippen molar-refractivity contribution in [1.82, 2.24) is 4.98 Å². The molecule has 0 saturated carbocycles. The van der Waals surface area contributed by atoms with Gasteiger partial charge in [0.2, 0.25) is 0 Å². The Morgan fingerprint density at radius 1 is 1.10 bits per heavy atom. The number of para-hydroxylation sites is 1. The normalized spacial score (nSPS) is 11.4. The maximum Gasteiger partial charge on any atom is 0.189 e. The first-order valence-electron chi connectivity index (χ1n) is 7.57. The number of H-pyrrole nitrogens is 1. The lowest BCUT2D eigenvalue weighted by molar-refractivity contribution is 0.727.